The highest BCUT2D eigenvalue weighted by Gasteiger charge is 2.15. The Hall–Kier alpha value is -1.43. The van der Waals surface area contributed by atoms with E-state index in [4.69, 9.17) is 4.74 Å². The molecule has 1 aromatic heterocycles. The van der Waals surface area contributed by atoms with Crippen LogP contribution in [0.4, 0.5) is 0 Å². The van der Waals surface area contributed by atoms with Crippen LogP contribution in [0.3, 0.4) is 0 Å². The van der Waals surface area contributed by atoms with Gasteiger partial charge in [-0.2, -0.15) is 15.0 Å². The molecule has 1 atom stereocenters. The van der Waals surface area contributed by atoms with E-state index in [9.17, 15) is 4.79 Å². The first-order valence-electron chi connectivity index (χ1n) is 5.53. The molecule has 1 N–H and O–H groups in total. The van der Waals surface area contributed by atoms with E-state index in [1.165, 1.54) is 4.80 Å². The maximum Gasteiger partial charge on any atom is 0.243 e. The van der Waals surface area contributed by atoms with E-state index in [-0.39, 0.29) is 12.5 Å². The number of rotatable bonds is 5. The topological polar surface area (TPSA) is 69.0 Å². The quantitative estimate of drug-likeness (QED) is 0.753. The summed E-state index contributed by atoms with van der Waals surface area (Å²) in [6.45, 7) is 2.58. The number of ether oxygens (including phenoxy) is 1. The maximum absolute atomic E-state index is 11.4. The lowest BCUT2D eigenvalue weighted by atomic mass is 10.1. The predicted octanol–water partition coefficient (Wildman–Crippen LogP) is -0.179. The standard InChI is InChI=1S/C10H16N4O2/c15-10(7-14-12-4-5-13-14)11-3-1-9-2-6-16-8-9/h4-5,9H,1-3,6-8H2,(H,11,15)/t9-/m1/s1. The van der Waals surface area contributed by atoms with Crippen molar-refractivity contribution in [3.63, 3.8) is 0 Å². The Morgan fingerprint density at radius 1 is 1.50 bits per heavy atom. The summed E-state index contributed by atoms with van der Waals surface area (Å²) < 4.78 is 5.26. The molecule has 1 amide bonds. The molecule has 0 spiro atoms. The number of carbonyl (C=O) groups is 1. The van der Waals surface area contributed by atoms with Gasteiger partial charge in [-0.3, -0.25) is 4.79 Å². The minimum Gasteiger partial charge on any atom is -0.381 e. The third-order valence-corrected chi connectivity index (χ3v) is 2.65. The van der Waals surface area contributed by atoms with Crippen molar-refractivity contribution in [2.24, 2.45) is 5.92 Å². The van der Waals surface area contributed by atoms with E-state index in [0.29, 0.717) is 12.5 Å². The van der Waals surface area contributed by atoms with E-state index in [0.717, 1.165) is 26.1 Å². The number of nitrogens with one attached hydrogen (secondary N) is 1. The lowest BCUT2D eigenvalue weighted by Gasteiger charge is -2.08. The summed E-state index contributed by atoms with van der Waals surface area (Å²) in [7, 11) is 0. The van der Waals surface area contributed by atoms with Gasteiger partial charge in [0.25, 0.3) is 0 Å². The van der Waals surface area contributed by atoms with E-state index in [1.54, 1.807) is 12.4 Å². The van der Waals surface area contributed by atoms with Crippen molar-refractivity contribution in [2.75, 3.05) is 19.8 Å². The van der Waals surface area contributed by atoms with E-state index < -0.39 is 0 Å². The van der Waals surface area contributed by atoms with Gasteiger partial charge in [0.15, 0.2) is 0 Å². The Morgan fingerprint density at radius 2 is 2.31 bits per heavy atom. The lowest BCUT2D eigenvalue weighted by Crippen LogP contribution is -2.30. The lowest BCUT2D eigenvalue weighted by molar-refractivity contribution is -0.122. The van der Waals surface area contributed by atoms with E-state index in [1.807, 2.05) is 0 Å². The van der Waals surface area contributed by atoms with Gasteiger partial charge in [-0.05, 0) is 18.8 Å². The summed E-state index contributed by atoms with van der Waals surface area (Å²) in [6.07, 6.45) is 5.21. The van der Waals surface area contributed by atoms with Crippen LogP contribution in [0.2, 0.25) is 0 Å². The summed E-state index contributed by atoms with van der Waals surface area (Å²) in [4.78, 5) is 12.8. The molecule has 6 nitrogen and oxygen atoms in total. The second kappa shape index (κ2) is 5.60. The van der Waals surface area contributed by atoms with Gasteiger partial charge in [-0.15, -0.1) is 0 Å². The Balaban J connectivity index is 1.60. The number of nitrogens with zero attached hydrogens (tertiary/aromatic N) is 3. The molecule has 1 saturated heterocycles. The van der Waals surface area contributed by atoms with Crippen LogP contribution in [-0.2, 0) is 16.1 Å². The minimum absolute atomic E-state index is 0.0462. The second-order valence-electron chi connectivity index (χ2n) is 3.93. The highest BCUT2D eigenvalue weighted by molar-refractivity contribution is 5.75. The van der Waals surface area contributed by atoms with Crippen LogP contribution in [0.15, 0.2) is 12.4 Å². The Morgan fingerprint density at radius 3 is 3.00 bits per heavy atom. The predicted molar refractivity (Wildman–Crippen MR) is 56.6 cm³/mol. The molecule has 1 aromatic rings. The molecule has 0 aromatic carbocycles. The molecule has 2 heterocycles. The van der Waals surface area contributed by atoms with Crippen LogP contribution in [0.1, 0.15) is 12.8 Å². The zero-order chi connectivity index (χ0) is 11.2. The Bertz CT molecular complexity index is 320. The van der Waals surface area contributed by atoms with Crippen LogP contribution in [0.25, 0.3) is 0 Å². The first-order valence-corrected chi connectivity index (χ1v) is 5.53. The molecule has 0 bridgehead atoms. The SMILES string of the molecule is O=C(Cn1nccn1)NCC[C@@H]1CCOC1. The van der Waals surface area contributed by atoms with Gasteiger partial charge in [0.1, 0.15) is 6.54 Å². The van der Waals surface area contributed by atoms with Crippen molar-refractivity contribution in [3.05, 3.63) is 12.4 Å². The Labute approximate surface area is 94.0 Å². The van der Waals surface area contributed by atoms with Crippen LogP contribution in [0, 0.1) is 5.92 Å². The van der Waals surface area contributed by atoms with Gasteiger partial charge >= 0.3 is 0 Å². The van der Waals surface area contributed by atoms with Crippen molar-refractivity contribution >= 4 is 5.91 Å². The van der Waals surface area contributed by atoms with Crippen molar-refractivity contribution in [1.82, 2.24) is 20.3 Å². The van der Waals surface area contributed by atoms with E-state index >= 15 is 0 Å². The van der Waals surface area contributed by atoms with Crippen molar-refractivity contribution < 1.29 is 9.53 Å². The molecule has 0 radical (unpaired) electrons. The normalized spacial score (nSPS) is 19.9. The highest BCUT2D eigenvalue weighted by Crippen LogP contribution is 2.14. The molecule has 16 heavy (non-hydrogen) atoms. The molecular weight excluding hydrogens is 208 g/mol. The molecule has 0 aliphatic carbocycles. The van der Waals surface area contributed by atoms with Gasteiger partial charge in [0, 0.05) is 19.8 Å². The molecule has 1 aliphatic rings. The summed E-state index contributed by atoms with van der Waals surface area (Å²) in [5, 5.41) is 10.6. The first kappa shape index (κ1) is 11.1. The molecule has 88 valence electrons. The number of amides is 1. The summed E-state index contributed by atoms with van der Waals surface area (Å²) in [5.41, 5.74) is 0. The van der Waals surface area contributed by atoms with Gasteiger partial charge in [0.05, 0.1) is 12.4 Å². The van der Waals surface area contributed by atoms with Crippen LogP contribution < -0.4 is 5.32 Å². The largest absolute Gasteiger partial charge is 0.381 e. The summed E-state index contributed by atoms with van der Waals surface area (Å²) >= 11 is 0. The van der Waals surface area contributed by atoms with Crippen molar-refractivity contribution in [2.45, 2.75) is 19.4 Å². The van der Waals surface area contributed by atoms with Gasteiger partial charge in [0.2, 0.25) is 5.91 Å². The van der Waals surface area contributed by atoms with Gasteiger partial charge in [-0.25, -0.2) is 0 Å². The van der Waals surface area contributed by atoms with Crippen LogP contribution >= 0.6 is 0 Å². The fourth-order valence-corrected chi connectivity index (χ4v) is 1.74. The molecular formula is C10H16N4O2. The second-order valence-corrected chi connectivity index (χ2v) is 3.93. The zero-order valence-electron chi connectivity index (χ0n) is 9.13. The van der Waals surface area contributed by atoms with Gasteiger partial charge < -0.3 is 10.1 Å². The van der Waals surface area contributed by atoms with Crippen molar-refractivity contribution in [1.29, 1.82) is 0 Å². The summed E-state index contributed by atoms with van der Waals surface area (Å²) in [6, 6.07) is 0. The minimum atomic E-state index is -0.0462. The average molecular weight is 224 g/mol. The fraction of sp³-hybridized carbons (Fsp3) is 0.700. The molecule has 0 saturated carbocycles. The molecule has 6 heteroatoms. The molecule has 1 aliphatic heterocycles. The Kier molecular flexibility index (Phi) is 3.87. The van der Waals surface area contributed by atoms with Crippen LogP contribution in [-0.4, -0.2) is 40.7 Å². The third-order valence-electron chi connectivity index (χ3n) is 2.65. The van der Waals surface area contributed by atoms with Crippen LogP contribution in [0.5, 0.6) is 0 Å². The summed E-state index contributed by atoms with van der Waals surface area (Å²) in [5.74, 6) is 0.554. The third kappa shape index (κ3) is 3.30. The average Bonchev–Trinajstić information content (AvgIpc) is 2.90. The number of hydrogen-bond acceptors (Lipinski definition) is 4. The molecule has 0 unspecified atom stereocenters. The fourth-order valence-electron chi connectivity index (χ4n) is 1.74. The molecule has 1 fully saturated rings. The smallest absolute Gasteiger partial charge is 0.243 e. The monoisotopic (exact) mass is 224 g/mol. The van der Waals surface area contributed by atoms with Crippen molar-refractivity contribution in [3.8, 4) is 0 Å². The van der Waals surface area contributed by atoms with Gasteiger partial charge in [-0.1, -0.05) is 0 Å². The van der Waals surface area contributed by atoms with E-state index in [2.05, 4.69) is 15.5 Å². The number of hydrogen-bond donors (Lipinski definition) is 1. The number of carbonyl (C=O) groups excluding carboxylic acids is 1. The first-order chi connectivity index (χ1) is 7.84. The number of aromatic nitrogens is 3. The maximum atomic E-state index is 11.4. The zero-order valence-corrected chi connectivity index (χ0v) is 9.13. The molecule has 2 rings (SSSR count). The highest BCUT2D eigenvalue weighted by atomic mass is 16.5.